The van der Waals surface area contributed by atoms with E-state index in [1.165, 1.54) is 22.2 Å². The molecule has 8 heteroatoms. The van der Waals surface area contributed by atoms with Gasteiger partial charge in [-0.15, -0.1) is 0 Å². The Kier molecular flexibility index (Phi) is 6.27. The van der Waals surface area contributed by atoms with Crippen molar-refractivity contribution in [2.75, 3.05) is 25.0 Å². The Morgan fingerprint density at radius 3 is 2.53 bits per heavy atom. The number of rotatable bonds is 4. The Morgan fingerprint density at radius 1 is 1.12 bits per heavy atom. The highest BCUT2D eigenvalue weighted by Gasteiger charge is 2.31. The van der Waals surface area contributed by atoms with Crippen LogP contribution >= 0.6 is 24.0 Å². The number of hydrogen-bond donors (Lipinski definition) is 0. The molecule has 4 heterocycles. The molecule has 0 spiro atoms. The van der Waals surface area contributed by atoms with Gasteiger partial charge in [0.15, 0.2) is 0 Å². The largest absolute Gasteiger partial charge is 0.356 e. The van der Waals surface area contributed by atoms with Crippen molar-refractivity contribution in [2.45, 2.75) is 26.2 Å². The molecule has 2 fully saturated rings. The molecule has 1 amide bonds. The normalized spacial score (nSPS) is 18.5. The summed E-state index contributed by atoms with van der Waals surface area (Å²) < 4.78 is 2.06. The van der Waals surface area contributed by atoms with E-state index in [0.29, 0.717) is 32.2 Å². The third-order valence-corrected chi connectivity index (χ3v) is 8.01. The maximum atomic E-state index is 13.6. The van der Waals surface area contributed by atoms with Crippen LogP contribution in [0.1, 0.15) is 29.5 Å². The number of thioether (sulfide) groups is 1. The number of aromatic nitrogens is 2. The molecule has 2 aliphatic rings. The van der Waals surface area contributed by atoms with Crippen molar-refractivity contribution in [3.8, 4) is 0 Å². The van der Waals surface area contributed by atoms with Gasteiger partial charge in [0.05, 0.1) is 10.5 Å². The van der Waals surface area contributed by atoms with Crippen molar-refractivity contribution < 1.29 is 4.79 Å². The summed E-state index contributed by atoms with van der Waals surface area (Å²) in [5.41, 5.74) is 3.21. The minimum Gasteiger partial charge on any atom is -0.356 e. The standard InChI is InChI=1S/C26H26N4O2S2/c1-17-8-9-22-27-23(29-12-10-19(11-13-29)14-18-6-4-3-5-7-18)20(24(31)30(22)16-17)15-21-25(32)28(2)26(33)34-21/h3-9,15-16,19H,10-14H2,1-2H3. The lowest BCUT2D eigenvalue weighted by molar-refractivity contribution is -0.121. The molecule has 2 aliphatic heterocycles. The first-order valence-electron chi connectivity index (χ1n) is 11.4. The van der Waals surface area contributed by atoms with Gasteiger partial charge in [-0.3, -0.25) is 18.9 Å². The molecule has 34 heavy (non-hydrogen) atoms. The summed E-state index contributed by atoms with van der Waals surface area (Å²) >= 11 is 6.51. The van der Waals surface area contributed by atoms with E-state index in [-0.39, 0.29) is 11.5 Å². The summed E-state index contributed by atoms with van der Waals surface area (Å²) in [6, 6.07) is 14.4. The number of thiocarbonyl (C=S) groups is 1. The Balaban J connectivity index is 1.50. The number of aryl methyl sites for hydroxylation is 1. The van der Waals surface area contributed by atoms with Gasteiger partial charge in [-0.05, 0) is 55.4 Å². The van der Waals surface area contributed by atoms with Crippen LogP contribution in [0.2, 0.25) is 0 Å². The zero-order valence-corrected chi connectivity index (χ0v) is 20.9. The number of likely N-dealkylation sites (N-methyl/N-ethyl adjacent to an activating group) is 1. The second kappa shape index (κ2) is 9.35. The van der Waals surface area contributed by atoms with Crippen LogP contribution in [0.15, 0.2) is 58.4 Å². The highest BCUT2D eigenvalue weighted by atomic mass is 32.2. The van der Waals surface area contributed by atoms with Gasteiger partial charge in [0.1, 0.15) is 15.8 Å². The van der Waals surface area contributed by atoms with Crippen LogP contribution in [0.5, 0.6) is 0 Å². The molecule has 0 N–H and O–H groups in total. The maximum absolute atomic E-state index is 13.6. The fourth-order valence-corrected chi connectivity index (χ4v) is 5.75. The van der Waals surface area contributed by atoms with E-state index >= 15 is 0 Å². The predicted molar refractivity (Wildman–Crippen MR) is 142 cm³/mol. The highest BCUT2D eigenvalue weighted by Crippen LogP contribution is 2.33. The number of nitrogens with zero attached hydrogens (tertiary/aromatic N) is 4. The van der Waals surface area contributed by atoms with E-state index in [4.69, 9.17) is 17.2 Å². The molecule has 1 aromatic carbocycles. The van der Waals surface area contributed by atoms with E-state index in [9.17, 15) is 9.59 Å². The maximum Gasteiger partial charge on any atom is 0.267 e. The van der Waals surface area contributed by atoms with Crippen molar-refractivity contribution in [3.63, 3.8) is 0 Å². The molecule has 0 unspecified atom stereocenters. The molecule has 0 saturated carbocycles. The minimum atomic E-state index is -0.184. The molecular formula is C26H26N4O2S2. The summed E-state index contributed by atoms with van der Waals surface area (Å²) in [5.74, 6) is 1.06. The van der Waals surface area contributed by atoms with Gasteiger partial charge < -0.3 is 4.90 Å². The Bertz CT molecular complexity index is 1360. The summed E-state index contributed by atoms with van der Waals surface area (Å²) in [4.78, 5) is 35.2. The van der Waals surface area contributed by atoms with Crippen LogP contribution in [0.25, 0.3) is 11.7 Å². The van der Waals surface area contributed by atoms with E-state index < -0.39 is 0 Å². The van der Waals surface area contributed by atoms with Crippen LogP contribution in [0.3, 0.4) is 0 Å². The lowest BCUT2D eigenvalue weighted by Crippen LogP contribution is -2.37. The molecule has 3 aromatic rings. The van der Waals surface area contributed by atoms with E-state index in [0.717, 1.165) is 37.9 Å². The Labute approximate surface area is 208 Å². The number of carbonyl (C=O) groups is 1. The van der Waals surface area contributed by atoms with E-state index in [1.54, 1.807) is 23.7 Å². The second-order valence-electron chi connectivity index (χ2n) is 8.95. The number of anilines is 1. The SMILES string of the molecule is Cc1ccc2nc(N3CCC(Cc4ccccc4)CC3)c(C=C3SC(=S)N(C)C3=O)c(=O)n2c1. The number of fused-ring (bicyclic) bond motifs is 1. The number of pyridine rings is 1. The van der Waals surface area contributed by atoms with Gasteiger partial charge in [-0.25, -0.2) is 4.98 Å². The highest BCUT2D eigenvalue weighted by molar-refractivity contribution is 8.26. The van der Waals surface area contributed by atoms with Crippen LogP contribution in [-0.4, -0.2) is 44.6 Å². The van der Waals surface area contributed by atoms with Crippen molar-refractivity contribution in [2.24, 2.45) is 5.92 Å². The summed E-state index contributed by atoms with van der Waals surface area (Å²) in [7, 11) is 1.66. The number of amides is 1. The minimum absolute atomic E-state index is 0.170. The fourth-order valence-electron chi connectivity index (χ4n) is 4.59. The molecule has 0 atom stereocenters. The van der Waals surface area contributed by atoms with Crippen LogP contribution in [-0.2, 0) is 11.2 Å². The molecule has 2 saturated heterocycles. The van der Waals surface area contributed by atoms with Crippen molar-refractivity contribution in [3.05, 3.63) is 80.6 Å². The number of piperidine rings is 1. The van der Waals surface area contributed by atoms with E-state index in [2.05, 4.69) is 29.2 Å². The summed E-state index contributed by atoms with van der Waals surface area (Å²) in [6.45, 7) is 3.59. The van der Waals surface area contributed by atoms with Gasteiger partial charge >= 0.3 is 0 Å². The van der Waals surface area contributed by atoms with Gasteiger partial charge in [0, 0.05) is 26.3 Å². The monoisotopic (exact) mass is 490 g/mol. The molecule has 5 rings (SSSR count). The zero-order valence-electron chi connectivity index (χ0n) is 19.2. The van der Waals surface area contributed by atoms with E-state index in [1.807, 2.05) is 25.1 Å². The molecule has 0 bridgehead atoms. The fraction of sp³-hybridized carbons (Fsp3) is 0.308. The third kappa shape index (κ3) is 4.40. The molecule has 174 valence electrons. The summed E-state index contributed by atoms with van der Waals surface area (Å²) in [6.07, 6.45) is 6.59. The average Bonchev–Trinajstić information content (AvgIpc) is 3.09. The first kappa shape index (κ1) is 22.8. The molecule has 2 aromatic heterocycles. The van der Waals surface area contributed by atoms with Crippen LogP contribution in [0.4, 0.5) is 5.82 Å². The lowest BCUT2D eigenvalue weighted by atomic mass is 9.90. The van der Waals surface area contributed by atoms with Crippen molar-refractivity contribution >= 4 is 51.7 Å². The zero-order chi connectivity index (χ0) is 23.8. The van der Waals surface area contributed by atoms with Crippen LogP contribution in [0, 0.1) is 12.8 Å². The lowest BCUT2D eigenvalue weighted by Gasteiger charge is -2.33. The van der Waals surface area contributed by atoms with Crippen molar-refractivity contribution in [1.82, 2.24) is 14.3 Å². The molecule has 0 aliphatic carbocycles. The quantitative estimate of drug-likeness (QED) is 0.402. The Morgan fingerprint density at radius 2 is 1.85 bits per heavy atom. The van der Waals surface area contributed by atoms with Gasteiger partial charge in [0.25, 0.3) is 11.5 Å². The topological polar surface area (TPSA) is 57.9 Å². The molecule has 0 radical (unpaired) electrons. The number of carbonyl (C=O) groups excluding carboxylic acids is 1. The smallest absolute Gasteiger partial charge is 0.267 e. The van der Waals surface area contributed by atoms with Crippen LogP contribution < -0.4 is 10.5 Å². The first-order chi connectivity index (χ1) is 16.4. The third-order valence-electron chi connectivity index (χ3n) is 6.53. The van der Waals surface area contributed by atoms with Crippen molar-refractivity contribution in [1.29, 1.82) is 0 Å². The Hall–Kier alpha value is -2.97. The molecular weight excluding hydrogens is 464 g/mol. The second-order valence-corrected chi connectivity index (χ2v) is 10.6. The van der Waals surface area contributed by atoms with Gasteiger partial charge in [0.2, 0.25) is 0 Å². The summed E-state index contributed by atoms with van der Waals surface area (Å²) in [5, 5.41) is 0. The van der Waals surface area contributed by atoms with Gasteiger partial charge in [-0.2, -0.15) is 0 Å². The first-order valence-corrected chi connectivity index (χ1v) is 12.7. The van der Waals surface area contributed by atoms with Gasteiger partial charge in [-0.1, -0.05) is 60.4 Å². The number of benzene rings is 1. The molecule has 6 nitrogen and oxygen atoms in total. The number of hydrogen-bond acceptors (Lipinski definition) is 6. The predicted octanol–water partition coefficient (Wildman–Crippen LogP) is 4.29. The average molecular weight is 491 g/mol.